The molecule has 0 unspecified atom stereocenters. The third-order valence-corrected chi connectivity index (χ3v) is 4.58. The van der Waals surface area contributed by atoms with Gasteiger partial charge in [-0.25, -0.2) is 0 Å². The second-order valence-corrected chi connectivity index (χ2v) is 6.45. The molecule has 0 bridgehead atoms. The zero-order valence-electron chi connectivity index (χ0n) is 13.3. The largest absolute Gasteiger partial charge is 0.375 e. The molecule has 0 N–H and O–H groups in total. The molecule has 6 nitrogen and oxygen atoms in total. The number of carbonyl (C=O) groups is 2. The van der Waals surface area contributed by atoms with Gasteiger partial charge in [0.15, 0.2) is 0 Å². The van der Waals surface area contributed by atoms with Crippen LogP contribution < -0.4 is 0 Å². The maximum absolute atomic E-state index is 11.4. The van der Waals surface area contributed by atoms with Crippen LogP contribution >= 0.6 is 0 Å². The summed E-state index contributed by atoms with van der Waals surface area (Å²) in [5.41, 5.74) is 0.200. The Morgan fingerprint density at radius 2 is 2.00 bits per heavy atom. The van der Waals surface area contributed by atoms with Gasteiger partial charge in [-0.2, -0.15) is 0 Å². The van der Waals surface area contributed by atoms with Gasteiger partial charge in [-0.05, 0) is 24.7 Å². The molecule has 2 aliphatic rings. The van der Waals surface area contributed by atoms with Gasteiger partial charge >= 0.3 is 0 Å². The van der Waals surface area contributed by atoms with Crippen LogP contribution in [0, 0.1) is 5.41 Å². The summed E-state index contributed by atoms with van der Waals surface area (Å²) < 4.78 is 11.3. The number of likely N-dealkylation sites (tertiary alicyclic amines) is 1. The summed E-state index contributed by atoms with van der Waals surface area (Å²) >= 11 is 0. The molecule has 0 aromatic carbocycles. The highest BCUT2D eigenvalue weighted by Crippen LogP contribution is 2.41. The summed E-state index contributed by atoms with van der Waals surface area (Å²) in [7, 11) is 3.44. The third kappa shape index (κ3) is 4.17. The Morgan fingerprint density at radius 3 is 2.57 bits per heavy atom. The van der Waals surface area contributed by atoms with Crippen LogP contribution in [-0.4, -0.2) is 74.7 Å². The van der Waals surface area contributed by atoms with Crippen LogP contribution in [0.2, 0.25) is 0 Å². The highest BCUT2D eigenvalue weighted by molar-refractivity contribution is 5.76. The zero-order valence-corrected chi connectivity index (χ0v) is 13.3. The first kappa shape index (κ1) is 16.2. The number of hydrogen-bond acceptors (Lipinski definition) is 4. The van der Waals surface area contributed by atoms with Crippen LogP contribution in [0.5, 0.6) is 0 Å². The van der Waals surface area contributed by atoms with E-state index in [1.165, 1.54) is 4.90 Å². The fourth-order valence-corrected chi connectivity index (χ4v) is 3.05. The van der Waals surface area contributed by atoms with Crippen molar-refractivity contribution in [3.63, 3.8) is 0 Å². The first-order valence-corrected chi connectivity index (χ1v) is 7.57. The molecular weight excluding hydrogens is 272 g/mol. The van der Waals surface area contributed by atoms with Gasteiger partial charge in [0.2, 0.25) is 11.8 Å². The van der Waals surface area contributed by atoms with Crippen LogP contribution in [0.15, 0.2) is 0 Å². The zero-order chi connectivity index (χ0) is 15.5. The molecule has 0 aromatic heterocycles. The number of carbonyl (C=O) groups excluding carboxylic acids is 2. The van der Waals surface area contributed by atoms with Gasteiger partial charge in [0, 0.05) is 34.1 Å². The predicted molar refractivity (Wildman–Crippen MR) is 77.8 cm³/mol. The summed E-state index contributed by atoms with van der Waals surface area (Å²) in [6.07, 6.45) is 3.04. The normalized spacial score (nSPS) is 24.3. The minimum Gasteiger partial charge on any atom is -0.375 e. The highest BCUT2D eigenvalue weighted by atomic mass is 16.5. The summed E-state index contributed by atoms with van der Waals surface area (Å²) in [6.45, 7) is 4.60. The van der Waals surface area contributed by atoms with Crippen molar-refractivity contribution in [1.82, 2.24) is 9.80 Å². The van der Waals surface area contributed by atoms with Crippen molar-refractivity contribution in [2.75, 3.05) is 47.0 Å². The van der Waals surface area contributed by atoms with E-state index in [1.807, 2.05) is 4.90 Å². The van der Waals surface area contributed by atoms with Crippen molar-refractivity contribution in [3.05, 3.63) is 0 Å². The Kier molecular flexibility index (Phi) is 5.22. The fourth-order valence-electron chi connectivity index (χ4n) is 3.05. The number of hydrogen-bond donors (Lipinski definition) is 0. The monoisotopic (exact) mass is 298 g/mol. The number of likely N-dealkylation sites (N-methyl/N-ethyl adjacent to an activating group) is 1. The molecule has 2 aliphatic heterocycles. The summed E-state index contributed by atoms with van der Waals surface area (Å²) in [5.74, 6) is 0.128. The summed E-state index contributed by atoms with van der Waals surface area (Å²) in [5, 5.41) is 0. The Morgan fingerprint density at radius 1 is 1.33 bits per heavy atom. The van der Waals surface area contributed by atoms with Gasteiger partial charge < -0.3 is 19.3 Å². The van der Waals surface area contributed by atoms with Gasteiger partial charge in [-0.1, -0.05) is 0 Å². The smallest absolute Gasteiger partial charge is 0.248 e. The van der Waals surface area contributed by atoms with Crippen molar-refractivity contribution in [2.24, 2.45) is 5.41 Å². The molecule has 0 aromatic rings. The van der Waals surface area contributed by atoms with Crippen LogP contribution in [0.4, 0.5) is 0 Å². The molecule has 1 spiro atoms. The fraction of sp³-hybridized carbons (Fsp3) is 0.867. The Bertz CT molecular complexity index is 389. The number of piperidine rings is 1. The minimum atomic E-state index is -0.0301. The second-order valence-electron chi connectivity index (χ2n) is 6.45. The van der Waals surface area contributed by atoms with Crippen molar-refractivity contribution in [3.8, 4) is 0 Å². The number of rotatable bonds is 4. The van der Waals surface area contributed by atoms with Gasteiger partial charge in [-0.15, -0.1) is 0 Å². The van der Waals surface area contributed by atoms with E-state index < -0.39 is 0 Å². The standard InChI is InChI=1S/C15H26N2O4/c1-12(18)17-6-4-15(5-7-17)8-13(21-11-15)9-20-10-14(19)16(2)3/h13H,4-11H2,1-3H3/t13-/m1/s1. The van der Waals surface area contributed by atoms with E-state index in [-0.39, 0.29) is 29.9 Å². The summed E-state index contributed by atoms with van der Waals surface area (Å²) in [6, 6.07) is 0. The second kappa shape index (κ2) is 6.75. The lowest BCUT2D eigenvalue weighted by molar-refractivity contribution is -0.134. The Balaban J connectivity index is 1.71. The van der Waals surface area contributed by atoms with E-state index >= 15 is 0 Å². The van der Waals surface area contributed by atoms with Crippen LogP contribution in [0.1, 0.15) is 26.2 Å². The SMILES string of the molecule is CC(=O)N1CCC2(CC1)CO[C@@H](COCC(=O)N(C)C)C2. The van der Waals surface area contributed by atoms with E-state index in [4.69, 9.17) is 9.47 Å². The van der Waals surface area contributed by atoms with Gasteiger partial charge in [0.25, 0.3) is 0 Å². The lowest BCUT2D eigenvalue weighted by Gasteiger charge is -2.38. The third-order valence-electron chi connectivity index (χ3n) is 4.58. The van der Waals surface area contributed by atoms with E-state index in [0.29, 0.717) is 6.61 Å². The van der Waals surface area contributed by atoms with Crippen LogP contribution in [0.3, 0.4) is 0 Å². The topological polar surface area (TPSA) is 59.1 Å². The lowest BCUT2D eigenvalue weighted by atomic mass is 9.76. The quantitative estimate of drug-likeness (QED) is 0.759. The first-order valence-electron chi connectivity index (χ1n) is 7.57. The van der Waals surface area contributed by atoms with Gasteiger partial charge in [0.1, 0.15) is 6.61 Å². The van der Waals surface area contributed by atoms with Gasteiger partial charge in [0.05, 0.1) is 19.3 Å². The molecule has 2 saturated heterocycles. The molecule has 0 radical (unpaired) electrons. The van der Waals surface area contributed by atoms with E-state index in [1.54, 1.807) is 21.0 Å². The average molecular weight is 298 g/mol. The molecule has 0 aliphatic carbocycles. The molecule has 2 fully saturated rings. The Labute approximate surface area is 126 Å². The van der Waals surface area contributed by atoms with Crippen LogP contribution in [0.25, 0.3) is 0 Å². The van der Waals surface area contributed by atoms with Crippen molar-refractivity contribution < 1.29 is 19.1 Å². The number of nitrogens with zero attached hydrogens (tertiary/aromatic N) is 2. The highest BCUT2D eigenvalue weighted by Gasteiger charge is 2.42. The van der Waals surface area contributed by atoms with Crippen LogP contribution in [-0.2, 0) is 19.1 Å². The number of ether oxygens (including phenoxy) is 2. The molecule has 0 saturated carbocycles. The minimum absolute atomic E-state index is 0.0301. The summed E-state index contributed by atoms with van der Waals surface area (Å²) in [4.78, 5) is 26.2. The number of amides is 2. The predicted octanol–water partition coefficient (Wildman–Crippen LogP) is 0.509. The van der Waals surface area contributed by atoms with E-state index in [9.17, 15) is 9.59 Å². The van der Waals surface area contributed by atoms with Crippen molar-refractivity contribution in [2.45, 2.75) is 32.3 Å². The molecule has 6 heteroatoms. The molecule has 21 heavy (non-hydrogen) atoms. The molecule has 120 valence electrons. The maximum atomic E-state index is 11.4. The maximum Gasteiger partial charge on any atom is 0.248 e. The average Bonchev–Trinajstić information content (AvgIpc) is 2.82. The lowest BCUT2D eigenvalue weighted by Crippen LogP contribution is -2.42. The van der Waals surface area contributed by atoms with E-state index in [2.05, 4.69) is 0 Å². The molecule has 2 heterocycles. The molecule has 2 amide bonds. The molecule has 1 atom stereocenters. The van der Waals surface area contributed by atoms with Crippen molar-refractivity contribution >= 4 is 11.8 Å². The first-order chi connectivity index (χ1) is 9.92. The molecular formula is C15H26N2O4. The molecule has 2 rings (SSSR count). The van der Waals surface area contributed by atoms with Gasteiger partial charge in [-0.3, -0.25) is 9.59 Å². The van der Waals surface area contributed by atoms with E-state index in [0.717, 1.165) is 39.0 Å². The Hall–Kier alpha value is -1.14. The van der Waals surface area contributed by atoms with Crippen molar-refractivity contribution in [1.29, 1.82) is 0 Å².